The van der Waals surface area contributed by atoms with Crippen molar-refractivity contribution < 1.29 is 4.39 Å². The van der Waals surface area contributed by atoms with Crippen LogP contribution in [0.3, 0.4) is 0 Å². The van der Waals surface area contributed by atoms with Crippen LogP contribution in [-0.4, -0.2) is 21.5 Å². The molecule has 2 aromatic heterocycles. The zero-order chi connectivity index (χ0) is 15.4. The Morgan fingerprint density at radius 2 is 1.81 bits per heavy atom. The van der Waals surface area contributed by atoms with Crippen LogP contribution < -0.4 is 5.32 Å². The molecule has 0 aliphatic carbocycles. The van der Waals surface area contributed by atoms with Crippen LogP contribution in [0.5, 0.6) is 0 Å². The molecule has 112 valence electrons. The summed E-state index contributed by atoms with van der Waals surface area (Å²) in [5.74, 6) is 0.786. The highest BCUT2D eigenvalue weighted by atomic mass is 19.1. The zero-order valence-corrected chi connectivity index (χ0v) is 12.9. The number of nitrogens with one attached hydrogen (secondary N) is 1. The maximum atomic E-state index is 12.9. The fourth-order valence-electron chi connectivity index (χ4n) is 2.10. The number of aryl methyl sites for hydroxylation is 2. The van der Waals surface area contributed by atoms with Crippen molar-refractivity contribution in [2.24, 2.45) is 5.92 Å². The van der Waals surface area contributed by atoms with E-state index in [1.165, 1.54) is 12.3 Å². The number of hydrogen-bond acceptors (Lipinski definition) is 4. The van der Waals surface area contributed by atoms with Crippen LogP contribution in [0.4, 0.5) is 4.39 Å². The molecule has 0 radical (unpaired) electrons. The second-order valence-corrected chi connectivity index (χ2v) is 5.58. The lowest BCUT2D eigenvalue weighted by Gasteiger charge is -2.12. The fourth-order valence-corrected chi connectivity index (χ4v) is 2.10. The van der Waals surface area contributed by atoms with Gasteiger partial charge in [-0.3, -0.25) is 0 Å². The summed E-state index contributed by atoms with van der Waals surface area (Å²) in [6.45, 7) is 9.99. The molecular weight excluding hydrogens is 267 g/mol. The van der Waals surface area contributed by atoms with Gasteiger partial charge in [0.05, 0.1) is 6.20 Å². The number of nitrogens with zero attached hydrogens (tertiary/aromatic N) is 3. The number of pyridine rings is 1. The minimum Gasteiger partial charge on any atom is -0.312 e. The lowest BCUT2D eigenvalue weighted by atomic mass is 10.1. The first-order valence-electron chi connectivity index (χ1n) is 7.14. The molecule has 21 heavy (non-hydrogen) atoms. The molecule has 4 nitrogen and oxygen atoms in total. The highest BCUT2D eigenvalue weighted by Crippen LogP contribution is 2.17. The minimum absolute atomic E-state index is 0.360. The SMILES string of the molecule is Cc1nc(-c2ccc(F)cn2)nc(C)c1CNCC(C)C. The van der Waals surface area contributed by atoms with E-state index >= 15 is 0 Å². The fraction of sp³-hybridized carbons (Fsp3) is 0.438. The van der Waals surface area contributed by atoms with Crippen molar-refractivity contribution in [1.82, 2.24) is 20.3 Å². The third kappa shape index (κ3) is 4.04. The largest absolute Gasteiger partial charge is 0.312 e. The van der Waals surface area contributed by atoms with Crippen molar-refractivity contribution >= 4 is 0 Å². The monoisotopic (exact) mass is 288 g/mol. The summed E-state index contributed by atoms with van der Waals surface area (Å²) in [5.41, 5.74) is 3.56. The highest BCUT2D eigenvalue weighted by Gasteiger charge is 2.11. The molecule has 2 heterocycles. The van der Waals surface area contributed by atoms with Crippen LogP contribution in [0.1, 0.15) is 30.8 Å². The van der Waals surface area contributed by atoms with Gasteiger partial charge < -0.3 is 5.32 Å². The molecule has 0 unspecified atom stereocenters. The van der Waals surface area contributed by atoms with Gasteiger partial charge in [-0.25, -0.2) is 19.3 Å². The van der Waals surface area contributed by atoms with E-state index in [0.717, 1.165) is 30.0 Å². The van der Waals surface area contributed by atoms with E-state index in [1.54, 1.807) is 6.07 Å². The van der Waals surface area contributed by atoms with Gasteiger partial charge in [0.1, 0.15) is 11.5 Å². The molecule has 2 rings (SSSR count). The second kappa shape index (κ2) is 6.72. The lowest BCUT2D eigenvalue weighted by molar-refractivity contribution is 0.549. The summed E-state index contributed by atoms with van der Waals surface area (Å²) >= 11 is 0. The van der Waals surface area contributed by atoms with Crippen molar-refractivity contribution in [2.45, 2.75) is 34.2 Å². The van der Waals surface area contributed by atoms with Gasteiger partial charge in [-0.15, -0.1) is 0 Å². The summed E-state index contributed by atoms with van der Waals surface area (Å²) in [7, 11) is 0. The van der Waals surface area contributed by atoms with Crippen molar-refractivity contribution in [3.05, 3.63) is 41.1 Å². The van der Waals surface area contributed by atoms with Gasteiger partial charge in [0, 0.05) is 23.5 Å². The molecular formula is C16H21FN4. The van der Waals surface area contributed by atoms with E-state index < -0.39 is 0 Å². The average molecular weight is 288 g/mol. The second-order valence-electron chi connectivity index (χ2n) is 5.58. The molecule has 0 atom stereocenters. The Morgan fingerprint density at radius 1 is 1.14 bits per heavy atom. The summed E-state index contributed by atoms with van der Waals surface area (Å²) in [6, 6.07) is 2.97. The molecule has 0 aliphatic rings. The Kier molecular flexibility index (Phi) is 4.96. The minimum atomic E-state index is -0.360. The van der Waals surface area contributed by atoms with Crippen LogP contribution in [0.15, 0.2) is 18.3 Å². The predicted molar refractivity (Wildman–Crippen MR) is 81.2 cm³/mol. The van der Waals surface area contributed by atoms with E-state index in [-0.39, 0.29) is 5.82 Å². The molecule has 0 spiro atoms. The lowest BCUT2D eigenvalue weighted by Crippen LogP contribution is -2.21. The molecule has 0 bridgehead atoms. The quantitative estimate of drug-likeness (QED) is 0.918. The normalized spacial score (nSPS) is 11.1. The molecule has 0 saturated heterocycles. The Hall–Kier alpha value is -1.88. The van der Waals surface area contributed by atoms with Crippen LogP contribution >= 0.6 is 0 Å². The van der Waals surface area contributed by atoms with Crippen LogP contribution in [-0.2, 0) is 6.54 Å². The summed E-state index contributed by atoms with van der Waals surface area (Å²) in [5, 5.41) is 3.40. The van der Waals surface area contributed by atoms with E-state index in [9.17, 15) is 4.39 Å². The number of hydrogen-bond donors (Lipinski definition) is 1. The number of rotatable bonds is 5. The Balaban J connectivity index is 2.22. The first-order valence-corrected chi connectivity index (χ1v) is 7.14. The van der Waals surface area contributed by atoms with E-state index in [2.05, 4.69) is 34.1 Å². The predicted octanol–water partition coefficient (Wildman–Crippen LogP) is 3.04. The molecule has 0 fully saturated rings. The van der Waals surface area contributed by atoms with Crippen molar-refractivity contribution in [3.8, 4) is 11.5 Å². The number of halogens is 1. The summed E-state index contributed by atoms with van der Waals surface area (Å²) in [6.07, 6.45) is 1.18. The average Bonchev–Trinajstić information content (AvgIpc) is 2.42. The third-order valence-corrected chi connectivity index (χ3v) is 3.23. The van der Waals surface area contributed by atoms with Crippen LogP contribution in [0.2, 0.25) is 0 Å². The third-order valence-electron chi connectivity index (χ3n) is 3.23. The molecule has 1 N–H and O–H groups in total. The maximum Gasteiger partial charge on any atom is 0.178 e. The maximum absolute atomic E-state index is 12.9. The summed E-state index contributed by atoms with van der Waals surface area (Å²) in [4.78, 5) is 13.0. The van der Waals surface area contributed by atoms with Crippen molar-refractivity contribution in [1.29, 1.82) is 0 Å². The van der Waals surface area contributed by atoms with Gasteiger partial charge >= 0.3 is 0 Å². The van der Waals surface area contributed by atoms with Crippen LogP contribution in [0, 0.1) is 25.6 Å². The van der Waals surface area contributed by atoms with Gasteiger partial charge in [-0.05, 0) is 38.4 Å². The van der Waals surface area contributed by atoms with Gasteiger partial charge in [-0.1, -0.05) is 13.8 Å². The van der Waals surface area contributed by atoms with E-state index in [4.69, 9.17) is 0 Å². The summed E-state index contributed by atoms with van der Waals surface area (Å²) < 4.78 is 12.9. The Bertz CT molecular complexity index is 585. The van der Waals surface area contributed by atoms with Crippen molar-refractivity contribution in [3.63, 3.8) is 0 Å². The van der Waals surface area contributed by atoms with E-state index in [0.29, 0.717) is 17.4 Å². The standard InChI is InChI=1S/C16H21FN4/c1-10(2)7-18-9-14-11(3)20-16(21-12(14)4)15-6-5-13(17)8-19-15/h5-6,8,10,18H,7,9H2,1-4H3. The highest BCUT2D eigenvalue weighted by molar-refractivity contribution is 5.50. The molecule has 0 aromatic carbocycles. The van der Waals surface area contributed by atoms with Gasteiger partial charge in [-0.2, -0.15) is 0 Å². The van der Waals surface area contributed by atoms with E-state index in [1.807, 2.05) is 13.8 Å². The van der Waals surface area contributed by atoms with Gasteiger partial charge in [0.15, 0.2) is 5.82 Å². The Morgan fingerprint density at radius 3 is 2.33 bits per heavy atom. The molecule has 0 amide bonds. The molecule has 0 aliphatic heterocycles. The van der Waals surface area contributed by atoms with Crippen molar-refractivity contribution in [2.75, 3.05) is 6.54 Å². The number of aromatic nitrogens is 3. The topological polar surface area (TPSA) is 50.7 Å². The molecule has 5 heteroatoms. The molecule has 0 saturated carbocycles. The molecule has 2 aromatic rings. The van der Waals surface area contributed by atoms with Crippen LogP contribution in [0.25, 0.3) is 11.5 Å². The smallest absolute Gasteiger partial charge is 0.178 e. The first kappa shape index (κ1) is 15.5. The Labute approximate surface area is 124 Å². The zero-order valence-electron chi connectivity index (χ0n) is 12.9. The first-order chi connectivity index (χ1) is 9.97. The van der Waals surface area contributed by atoms with Gasteiger partial charge in [0.2, 0.25) is 0 Å². The van der Waals surface area contributed by atoms with Gasteiger partial charge in [0.25, 0.3) is 0 Å².